The number of nitrogens with one attached hydrogen (secondary N) is 3. The summed E-state index contributed by atoms with van der Waals surface area (Å²) in [5.41, 5.74) is 5.43. The molecule has 0 spiro atoms. The number of hydrogen-bond donors (Lipinski definition) is 5. The fourth-order valence-electron chi connectivity index (χ4n) is 11.2. The number of urea groups is 1. The van der Waals surface area contributed by atoms with Crippen molar-refractivity contribution in [2.75, 3.05) is 50.4 Å². The number of epoxide rings is 1. The molecule has 6 N–H and O–H groups in total. The third kappa shape index (κ3) is 19.6. The molecule has 4 bridgehead atoms. The van der Waals surface area contributed by atoms with Gasteiger partial charge in [0.2, 0.25) is 11.8 Å². The molecule has 10 atom stereocenters. The largest absolute Gasteiger partial charge is 0.496 e. The normalized spacial score (nSPS) is 24.1. The van der Waals surface area contributed by atoms with Gasteiger partial charge < -0.3 is 55.0 Å². The Morgan fingerprint density at radius 2 is 1.66 bits per heavy atom. The molecule has 5 rings (SSSR count). The van der Waals surface area contributed by atoms with Gasteiger partial charge in [-0.25, -0.2) is 14.4 Å². The van der Waals surface area contributed by atoms with Crippen molar-refractivity contribution in [3.05, 3.63) is 81.4 Å². The van der Waals surface area contributed by atoms with Crippen LogP contribution in [0.4, 0.5) is 15.3 Å². The summed E-state index contributed by atoms with van der Waals surface area (Å²) in [5.74, 6) is -4.35. The van der Waals surface area contributed by atoms with Crippen LogP contribution in [0.5, 0.6) is 5.75 Å². The number of allylic oxidation sites excluding steroid dienone is 3. The zero-order valence-corrected chi connectivity index (χ0v) is 56.4. The molecule has 3 aliphatic heterocycles. The van der Waals surface area contributed by atoms with Gasteiger partial charge in [-0.1, -0.05) is 113 Å². The number of carbonyl (C=O) groups excluding carboxylic acids is 9. The summed E-state index contributed by atoms with van der Waals surface area (Å²) >= 11 is 13.6. The summed E-state index contributed by atoms with van der Waals surface area (Å²) in [6.45, 7) is 12.5. The Hall–Kier alpha value is -5.72. The lowest BCUT2D eigenvalue weighted by Gasteiger charge is -2.42. The van der Waals surface area contributed by atoms with Gasteiger partial charge in [-0.15, -0.1) is 0 Å². The first-order valence-corrected chi connectivity index (χ1v) is 32.6. The number of fused-ring (bicyclic) bond motifs is 5. The number of nitrogens with zero attached hydrogens (tertiary/aromatic N) is 2. The van der Waals surface area contributed by atoms with Gasteiger partial charge >= 0.3 is 18.1 Å². The lowest BCUT2D eigenvalue weighted by atomic mass is 9.83. The Bertz CT molecular complexity index is 2920. The van der Waals surface area contributed by atoms with Gasteiger partial charge in [-0.2, -0.15) is 0 Å². The van der Waals surface area contributed by atoms with Crippen LogP contribution in [0.2, 0.25) is 5.02 Å². The molecule has 486 valence electrons. The Morgan fingerprint density at radius 3 is 2.30 bits per heavy atom. The number of hydrogen-bond acceptors (Lipinski definition) is 15. The van der Waals surface area contributed by atoms with Crippen LogP contribution in [0.3, 0.4) is 0 Å². The third-order valence-electron chi connectivity index (χ3n) is 17.0. The molecule has 0 saturated carbocycles. The minimum absolute atomic E-state index is 0.0177. The predicted octanol–water partition coefficient (Wildman–Crippen LogP) is 8.73. The molecule has 6 amide bonds. The number of primary amides is 1. The zero-order valence-electron chi connectivity index (χ0n) is 52.5. The number of anilines is 1. The van der Waals surface area contributed by atoms with E-state index in [1.807, 2.05) is 45.9 Å². The number of esters is 1. The molecule has 0 aliphatic carbocycles. The van der Waals surface area contributed by atoms with Crippen molar-refractivity contribution in [1.82, 2.24) is 20.9 Å². The van der Waals surface area contributed by atoms with Crippen LogP contribution >= 0.6 is 43.5 Å². The van der Waals surface area contributed by atoms with Gasteiger partial charge in [-0.3, -0.25) is 34.1 Å². The van der Waals surface area contributed by atoms with Crippen molar-refractivity contribution in [2.45, 2.75) is 180 Å². The molecule has 0 radical (unpaired) electrons. The van der Waals surface area contributed by atoms with Gasteiger partial charge in [0.25, 0.3) is 5.91 Å². The molecule has 2 aromatic carbocycles. The van der Waals surface area contributed by atoms with E-state index < -0.39 is 102 Å². The van der Waals surface area contributed by atoms with E-state index in [0.29, 0.717) is 46.2 Å². The molecule has 0 unspecified atom stereocenters. The fraction of sp³-hybridized carbons (Fsp3) is 0.609. The monoisotopic (exact) mass is 1370 g/mol. The number of nitrogens with two attached hydrogens (primary N) is 1. The maximum absolute atomic E-state index is 14.5. The minimum atomic E-state index is -1.90. The molecular weight excluding hydrogens is 1290 g/mol. The van der Waals surface area contributed by atoms with Crippen LogP contribution in [0.15, 0.2) is 54.1 Å². The van der Waals surface area contributed by atoms with E-state index in [1.54, 1.807) is 39.1 Å². The van der Waals surface area contributed by atoms with Crippen molar-refractivity contribution < 1.29 is 71.9 Å². The SMILES string of the molecule is COc1cc(CC(=O)[C@H](CCCNC(N)=O)NC(=O)[C@@H](CC(=O)CCCCCCC(=O)C(CBr)CBr)C(C)C)ccc1C(=O)N(C)[C@@H](C)C(=O)O[C@H]1CC(=O)N(C)c2cc(cc(C)c2Cl)C/C(C)=C/C=C/[C@@H](OC)[C@@]2(O)C[C@H](OC(=O)N2)[C@@H](C)[C@@H]2O[C@@]12C. The quantitative estimate of drug-likeness (QED) is 0.0230. The average Bonchev–Trinajstić information content (AvgIpc) is 1.58. The Kier molecular flexibility index (Phi) is 27.7. The number of methoxy groups -OCH3 is 2. The first-order chi connectivity index (χ1) is 41.5. The number of likely N-dealkylation sites (N-methyl/N-ethyl adjacent to an activating group) is 1. The lowest BCUT2D eigenvalue weighted by molar-refractivity contribution is -0.158. The highest BCUT2D eigenvalue weighted by Gasteiger charge is 2.64. The number of benzene rings is 2. The van der Waals surface area contributed by atoms with Crippen LogP contribution in [0, 0.1) is 30.6 Å². The average molecular weight is 1380 g/mol. The zero-order chi connectivity index (χ0) is 65.4. The van der Waals surface area contributed by atoms with Crippen molar-refractivity contribution in [2.24, 2.45) is 29.4 Å². The standard InChI is InChI=1S/C64H89Br2ClN6O15/c1-36(2)46(31-44(74)19-14-12-13-15-21-49(75)43(34-65)35-66)58(78)70-47(20-17-25-69-61(68)81)50(76)29-41-23-24-45(51(30-41)84-10)59(79)72(8)40(6)60(80)87-54-32-55(77)73(9)48-28-42(27-38(4)56(48)67)26-37(3)18-16-22-53(85-11)64(83)33-52(86-62(82)71-64)39(5)57-63(54,7)88-57/h16,18,22-24,27-28,30,36,39-40,43,46-47,52-54,57,83H,12-15,17,19-21,25-26,29,31-35H2,1-11H3,(H,70,78)(H,71,82)(H3,68,69,81)/b22-16+,37-18+/t39-,40+,46+,47+,52+,53-,54+,57+,63+,64+/m1/s1. The summed E-state index contributed by atoms with van der Waals surface area (Å²) in [6, 6.07) is 5.22. The van der Waals surface area contributed by atoms with Crippen molar-refractivity contribution >= 4 is 102 Å². The highest BCUT2D eigenvalue weighted by Crippen LogP contribution is 2.49. The number of ketones is 3. The lowest BCUT2D eigenvalue weighted by Crippen LogP contribution is -2.63. The molecule has 21 nitrogen and oxygen atoms in total. The number of alkyl halides is 2. The number of carbonyl (C=O) groups is 9. The first-order valence-electron chi connectivity index (χ1n) is 30.0. The number of ether oxygens (including phenoxy) is 5. The molecule has 24 heteroatoms. The number of aryl methyl sites for hydroxylation is 1. The van der Waals surface area contributed by atoms with Crippen molar-refractivity contribution in [3.63, 3.8) is 0 Å². The van der Waals surface area contributed by atoms with E-state index in [0.717, 1.165) is 40.9 Å². The first kappa shape index (κ1) is 73.0. The number of halogens is 3. The second-order valence-corrected chi connectivity index (χ2v) is 25.8. The molecule has 2 saturated heterocycles. The molecule has 88 heavy (non-hydrogen) atoms. The molecular formula is C64H89Br2ClN6O15. The van der Waals surface area contributed by atoms with Crippen LogP contribution in [-0.4, -0.2) is 157 Å². The second-order valence-electron chi connectivity index (χ2n) is 24.1. The van der Waals surface area contributed by atoms with E-state index in [4.69, 9.17) is 41.0 Å². The predicted molar refractivity (Wildman–Crippen MR) is 341 cm³/mol. The summed E-state index contributed by atoms with van der Waals surface area (Å²) in [4.78, 5) is 124. The smallest absolute Gasteiger partial charge is 0.409 e. The summed E-state index contributed by atoms with van der Waals surface area (Å²) in [5, 5.41) is 21.4. The van der Waals surface area contributed by atoms with Crippen molar-refractivity contribution in [1.29, 1.82) is 0 Å². The van der Waals surface area contributed by atoms with Gasteiger partial charge in [0.1, 0.15) is 47.3 Å². The third-order valence-corrected chi connectivity index (χ3v) is 19.1. The number of unbranched alkanes of at least 4 members (excludes halogenated alkanes) is 3. The number of aliphatic hydroxyl groups is 1. The number of rotatable bonds is 28. The molecule has 2 aromatic rings. The van der Waals surface area contributed by atoms with Gasteiger partial charge in [-0.05, 0) is 101 Å². The number of Topliss-reactive ketones (excluding diaryl/α,β-unsaturated/α-hetero) is 3. The topological polar surface area (TPSA) is 292 Å². The Balaban J connectivity index is 1.32. The summed E-state index contributed by atoms with van der Waals surface area (Å²) < 4.78 is 29.7. The summed E-state index contributed by atoms with van der Waals surface area (Å²) in [6.07, 6.45) is 4.18. The maximum atomic E-state index is 14.5. The van der Waals surface area contributed by atoms with Gasteiger partial charge in [0.05, 0.1) is 41.9 Å². The molecule has 0 aromatic heterocycles. The van der Waals surface area contributed by atoms with Crippen molar-refractivity contribution in [3.8, 4) is 5.75 Å². The van der Waals surface area contributed by atoms with E-state index >= 15 is 0 Å². The highest BCUT2D eigenvalue weighted by atomic mass is 79.9. The van der Waals surface area contributed by atoms with Crippen LogP contribution in [-0.2, 0) is 60.6 Å². The molecule has 3 heterocycles. The molecule has 2 fully saturated rings. The Morgan fingerprint density at radius 1 is 0.977 bits per heavy atom. The van der Waals surface area contributed by atoms with Gasteiger partial charge in [0, 0.05) is 88.3 Å². The molecule has 3 aliphatic rings. The van der Waals surface area contributed by atoms with Gasteiger partial charge in [0.15, 0.2) is 11.5 Å². The van der Waals surface area contributed by atoms with E-state index in [9.17, 15) is 48.3 Å². The summed E-state index contributed by atoms with van der Waals surface area (Å²) in [7, 11) is 5.73. The minimum Gasteiger partial charge on any atom is -0.496 e. The fourth-order valence-corrected chi connectivity index (χ4v) is 13.3. The van der Waals surface area contributed by atoms with Crippen LogP contribution < -0.4 is 31.3 Å². The number of amides is 6. The van der Waals surface area contributed by atoms with Crippen LogP contribution in [0.25, 0.3) is 0 Å². The maximum Gasteiger partial charge on any atom is 0.409 e. The van der Waals surface area contributed by atoms with Crippen LogP contribution in [0.1, 0.15) is 139 Å². The second kappa shape index (κ2) is 33.4. The van der Waals surface area contributed by atoms with E-state index in [-0.39, 0.29) is 85.6 Å². The Labute approximate surface area is 538 Å². The van der Waals surface area contributed by atoms with E-state index in [2.05, 4.69) is 47.8 Å². The highest BCUT2D eigenvalue weighted by molar-refractivity contribution is 9.09. The van der Waals surface area contributed by atoms with E-state index in [1.165, 1.54) is 45.2 Å². The number of alkyl carbamates (subject to hydrolysis) is 1.